The molecule has 1 aromatic carbocycles. The summed E-state index contributed by atoms with van der Waals surface area (Å²) >= 11 is 0. The van der Waals surface area contributed by atoms with E-state index in [-0.39, 0.29) is 24.1 Å². The molecule has 5 rings (SSSR count). The number of hydrogen-bond acceptors (Lipinski definition) is 8. The number of benzene rings is 1. The fraction of sp³-hybridized carbons (Fsp3) is 0.409. The van der Waals surface area contributed by atoms with Crippen LogP contribution < -0.4 is 15.0 Å². The van der Waals surface area contributed by atoms with Crippen LogP contribution in [-0.4, -0.2) is 74.8 Å². The maximum absolute atomic E-state index is 12.8. The van der Waals surface area contributed by atoms with Gasteiger partial charge in [0.25, 0.3) is 6.43 Å². The van der Waals surface area contributed by atoms with E-state index in [1.807, 2.05) is 6.07 Å². The summed E-state index contributed by atoms with van der Waals surface area (Å²) in [5, 5.41) is 19.6. The second-order valence-corrected chi connectivity index (χ2v) is 8.23. The van der Waals surface area contributed by atoms with Gasteiger partial charge in [-0.25, -0.2) is 13.5 Å². The SMILES string of the molecule is Cc1nnn(-c2ccc(C(F)F)cc2)c1COc1ccc(N2CCN3CCNC(=O)[C@@H]3C2)nn1. The quantitative estimate of drug-likeness (QED) is 0.579. The Hall–Kier alpha value is -3.67. The van der Waals surface area contributed by atoms with Gasteiger partial charge in [-0.2, -0.15) is 0 Å². The van der Waals surface area contributed by atoms with Gasteiger partial charge >= 0.3 is 0 Å². The molecule has 12 heteroatoms. The molecule has 10 nitrogen and oxygen atoms in total. The van der Waals surface area contributed by atoms with E-state index in [0.717, 1.165) is 19.6 Å². The molecule has 2 aliphatic rings. The zero-order chi connectivity index (χ0) is 23.7. The predicted molar refractivity (Wildman–Crippen MR) is 118 cm³/mol. The summed E-state index contributed by atoms with van der Waals surface area (Å²) in [5.74, 6) is 1.07. The van der Waals surface area contributed by atoms with E-state index < -0.39 is 6.43 Å². The normalized spacial score (nSPS) is 18.6. The lowest BCUT2D eigenvalue weighted by atomic mass is 10.1. The molecule has 1 atom stereocenters. The van der Waals surface area contributed by atoms with Crippen LogP contribution in [0.1, 0.15) is 23.4 Å². The van der Waals surface area contributed by atoms with Gasteiger partial charge in [-0.15, -0.1) is 15.3 Å². The van der Waals surface area contributed by atoms with Crippen LogP contribution in [0.4, 0.5) is 14.6 Å². The highest BCUT2D eigenvalue weighted by atomic mass is 19.3. The Morgan fingerprint density at radius 2 is 1.91 bits per heavy atom. The van der Waals surface area contributed by atoms with Gasteiger partial charge in [0.2, 0.25) is 11.8 Å². The highest BCUT2D eigenvalue weighted by Crippen LogP contribution is 2.22. The number of anilines is 1. The van der Waals surface area contributed by atoms with Crippen LogP contribution in [0, 0.1) is 6.92 Å². The van der Waals surface area contributed by atoms with Crippen molar-refractivity contribution in [2.24, 2.45) is 0 Å². The molecule has 2 saturated heterocycles. The molecule has 0 spiro atoms. The third-order valence-electron chi connectivity index (χ3n) is 6.15. The lowest BCUT2D eigenvalue weighted by molar-refractivity contribution is -0.129. The number of aryl methyl sites for hydroxylation is 1. The molecule has 34 heavy (non-hydrogen) atoms. The summed E-state index contributed by atoms with van der Waals surface area (Å²) in [6.07, 6.45) is -2.53. The number of carbonyl (C=O) groups is 1. The summed E-state index contributed by atoms with van der Waals surface area (Å²) in [6.45, 7) is 5.62. The number of fused-ring (bicyclic) bond motifs is 1. The number of ether oxygens (including phenoxy) is 1. The van der Waals surface area contributed by atoms with Gasteiger partial charge in [-0.3, -0.25) is 9.69 Å². The molecular weight excluding hydrogens is 446 g/mol. The van der Waals surface area contributed by atoms with Crippen LogP contribution in [0.25, 0.3) is 5.69 Å². The second-order valence-electron chi connectivity index (χ2n) is 8.23. The number of amides is 1. The summed E-state index contributed by atoms with van der Waals surface area (Å²) in [5.41, 5.74) is 1.89. The number of nitrogens with one attached hydrogen (secondary N) is 1. The smallest absolute Gasteiger partial charge is 0.263 e. The maximum atomic E-state index is 12.8. The number of hydrogen-bond donors (Lipinski definition) is 1. The van der Waals surface area contributed by atoms with Crippen LogP contribution >= 0.6 is 0 Å². The number of halogens is 2. The van der Waals surface area contributed by atoms with Crippen LogP contribution in [-0.2, 0) is 11.4 Å². The van der Waals surface area contributed by atoms with Crippen molar-refractivity contribution < 1.29 is 18.3 Å². The van der Waals surface area contributed by atoms with Crippen LogP contribution in [0.3, 0.4) is 0 Å². The van der Waals surface area contributed by atoms with Crippen molar-refractivity contribution >= 4 is 11.7 Å². The Bertz CT molecular complexity index is 1150. The van der Waals surface area contributed by atoms with Crippen LogP contribution in [0.2, 0.25) is 0 Å². The molecule has 2 aliphatic heterocycles. The van der Waals surface area contributed by atoms with Crippen molar-refractivity contribution in [3.63, 3.8) is 0 Å². The topological polar surface area (TPSA) is 101 Å². The molecule has 178 valence electrons. The highest BCUT2D eigenvalue weighted by Gasteiger charge is 2.35. The number of piperazine rings is 2. The first kappa shape index (κ1) is 22.1. The molecule has 2 fully saturated rings. The number of alkyl halides is 2. The lowest BCUT2D eigenvalue weighted by Crippen LogP contribution is -2.64. The molecule has 4 heterocycles. The Kier molecular flexibility index (Phi) is 6.05. The molecule has 1 N–H and O–H groups in total. The molecule has 2 aromatic heterocycles. The summed E-state index contributed by atoms with van der Waals surface area (Å²) in [6, 6.07) is 9.25. The maximum Gasteiger partial charge on any atom is 0.263 e. The van der Waals surface area contributed by atoms with Gasteiger partial charge in [-0.05, 0) is 25.1 Å². The van der Waals surface area contributed by atoms with E-state index in [1.54, 1.807) is 29.8 Å². The number of rotatable bonds is 6. The van der Waals surface area contributed by atoms with E-state index in [0.29, 0.717) is 41.9 Å². The molecule has 0 aliphatic carbocycles. The first-order valence-electron chi connectivity index (χ1n) is 11.0. The van der Waals surface area contributed by atoms with Crippen LogP contribution in [0.15, 0.2) is 36.4 Å². The number of nitrogens with zero attached hydrogens (tertiary/aromatic N) is 7. The average Bonchev–Trinajstić information content (AvgIpc) is 3.23. The number of aromatic nitrogens is 5. The van der Waals surface area contributed by atoms with Crippen molar-refractivity contribution in [2.45, 2.75) is 26.0 Å². The lowest BCUT2D eigenvalue weighted by Gasteiger charge is -2.43. The van der Waals surface area contributed by atoms with E-state index >= 15 is 0 Å². The van der Waals surface area contributed by atoms with Gasteiger partial charge in [0.1, 0.15) is 18.3 Å². The van der Waals surface area contributed by atoms with Gasteiger partial charge in [0.15, 0.2) is 5.82 Å². The Morgan fingerprint density at radius 3 is 2.65 bits per heavy atom. The van der Waals surface area contributed by atoms with E-state index in [9.17, 15) is 13.6 Å². The van der Waals surface area contributed by atoms with Crippen molar-refractivity contribution in [3.8, 4) is 11.6 Å². The van der Waals surface area contributed by atoms with E-state index in [2.05, 4.69) is 35.6 Å². The average molecular weight is 470 g/mol. The highest BCUT2D eigenvalue weighted by molar-refractivity contribution is 5.83. The minimum absolute atomic E-state index is 0.0494. The monoisotopic (exact) mass is 470 g/mol. The molecule has 0 unspecified atom stereocenters. The van der Waals surface area contributed by atoms with E-state index in [1.165, 1.54) is 12.1 Å². The Labute approximate surface area is 194 Å². The van der Waals surface area contributed by atoms with Crippen molar-refractivity contribution in [3.05, 3.63) is 53.3 Å². The minimum atomic E-state index is -2.53. The fourth-order valence-corrected chi connectivity index (χ4v) is 4.20. The van der Waals surface area contributed by atoms with Gasteiger partial charge in [-0.1, -0.05) is 17.3 Å². The standard InChI is InChI=1S/C22H24F2N8O2/c1-14-18(32(29-26-14)16-4-2-15(3-5-16)21(23)24)13-34-20-7-6-19(27-28-20)31-11-10-30-9-8-25-22(33)17(30)12-31/h2-7,17,21H,8-13H2,1H3,(H,25,33)/t17-/m0/s1. The van der Waals surface area contributed by atoms with Crippen molar-refractivity contribution in [1.82, 2.24) is 35.4 Å². The van der Waals surface area contributed by atoms with Gasteiger partial charge in [0.05, 0.1) is 11.4 Å². The molecule has 0 radical (unpaired) electrons. The van der Waals surface area contributed by atoms with Crippen LogP contribution in [0.5, 0.6) is 5.88 Å². The predicted octanol–water partition coefficient (Wildman–Crippen LogP) is 1.50. The molecule has 3 aromatic rings. The Balaban J connectivity index is 1.24. The summed E-state index contributed by atoms with van der Waals surface area (Å²) < 4.78 is 33.1. The van der Waals surface area contributed by atoms with Crippen molar-refractivity contribution in [1.29, 1.82) is 0 Å². The number of carbonyl (C=O) groups excluding carboxylic acids is 1. The molecule has 0 saturated carbocycles. The second kappa shape index (κ2) is 9.29. The zero-order valence-corrected chi connectivity index (χ0v) is 18.6. The molecular formula is C22H24F2N8O2. The first-order chi connectivity index (χ1) is 16.5. The first-order valence-corrected chi connectivity index (χ1v) is 11.0. The van der Waals surface area contributed by atoms with Gasteiger partial charge < -0.3 is 15.0 Å². The summed E-state index contributed by atoms with van der Waals surface area (Å²) in [4.78, 5) is 16.4. The third-order valence-corrected chi connectivity index (χ3v) is 6.15. The Morgan fingerprint density at radius 1 is 1.09 bits per heavy atom. The van der Waals surface area contributed by atoms with Gasteiger partial charge in [0, 0.05) is 44.4 Å². The third kappa shape index (κ3) is 4.40. The van der Waals surface area contributed by atoms with E-state index in [4.69, 9.17) is 4.74 Å². The fourth-order valence-electron chi connectivity index (χ4n) is 4.20. The molecule has 1 amide bonds. The zero-order valence-electron chi connectivity index (χ0n) is 18.6. The van der Waals surface area contributed by atoms with Crippen molar-refractivity contribution in [2.75, 3.05) is 37.6 Å². The minimum Gasteiger partial charge on any atom is -0.470 e. The molecule has 0 bridgehead atoms. The largest absolute Gasteiger partial charge is 0.470 e. The summed E-state index contributed by atoms with van der Waals surface area (Å²) in [7, 11) is 0.